The lowest BCUT2D eigenvalue weighted by Gasteiger charge is -2.17. The molecule has 0 saturated carbocycles. The molecule has 0 radical (unpaired) electrons. The maximum absolute atomic E-state index is 11.9. The minimum Gasteiger partial charge on any atom is -0.480 e. The maximum Gasteiger partial charge on any atom is 0.326 e. The quantitative estimate of drug-likeness (QED) is 0.183. The minimum atomic E-state index is -1.20. The van der Waals surface area contributed by atoms with E-state index in [2.05, 4.69) is 35.5 Å². The zero-order valence-corrected chi connectivity index (χ0v) is 15.6. The van der Waals surface area contributed by atoms with Crippen LogP contribution >= 0.6 is 12.6 Å². The molecule has 2 atom stereocenters. The van der Waals surface area contributed by atoms with E-state index in [4.69, 9.17) is 10.2 Å². The van der Waals surface area contributed by atoms with E-state index >= 15 is 0 Å². The van der Waals surface area contributed by atoms with Crippen LogP contribution < -0.4 is 16.0 Å². The summed E-state index contributed by atoms with van der Waals surface area (Å²) in [7, 11) is 0. The van der Waals surface area contributed by atoms with Crippen LogP contribution in [-0.2, 0) is 19.2 Å². The first-order chi connectivity index (χ1) is 12.3. The molecule has 5 N–H and O–H groups in total. The molecule has 0 heterocycles. The van der Waals surface area contributed by atoms with Gasteiger partial charge in [-0.3, -0.25) is 14.4 Å². The lowest BCUT2D eigenvalue weighted by Crippen LogP contribution is -2.49. The molecule has 9 nitrogen and oxygen atoms in total. The van der Waals surface area contributed by atoms with E-state index in [1.165, 1.54) is 0 Å². The zero-order valence-electron chi connectivity index (χ0n) is 14.7. The summed E-state index contributed by atoms with van der Waals surface area (Å²) in [6.07, 6.45) is 6.22. The third kappa shape index (κ3) is 11.3. The number of allylic oxidation sites excluding steroid dienone is 1. The first kappa shape index (κ1) is 23.8. The maximum atomic E-state index is 11.9. The molecule has 0 fully saturated rings. The topological polar surface area (TPSA) is 145 Å². The van der Waals surface area contributed by atoms with Crippen molar-refractivity contribution in [3.8, 4) is 0 Å². The lowest BCUT2D eigenvalue weighted by molar-refractivity contribution is -0.139. The molecular weight excluding hydrogens is 362 g/mol. The summed E-state index contributed by atoms with van der Waals surface area (Å²) in [6, 6.07) is -1.91. The van der Waals surface area contributed by atoms with Gasteiger partial charge in [0.25, 0.3) is 0 Å². The number of thiol groups is 1. The predicted molar refractivity (Wildman–Crippen MR) is 98.9 cm³/mol. The van der Waals surface area contributed by atoms with Gasteiger partial charge in [0, 0.05) is 12.2 Å². The van der Waals surface area contributed by atoms with E-state index in [0.717, 1.165) is 19.3 Å². The smallest absolute Gasteiger partial charge is 0.326 e. The highest BCUT2D eigenvalue weighted by Crippen LogP contribution is 2.01. The van der Waals surface area contributed by atoms with Gasteiger partial charge in [-0.1, -0.05) is 25.8 Å². The number of unbranched alkanes of at least 4 members (excludes halogenated alkanes) is 2. The number of amides is 2. The number of carbonyl (C=O) groups excluding carboxylic acids is 2. The van der Waals surface area contributed by atoms with Crippen molar-refractivity contribution in [3.63, 3.8) is 0 Å². The van der Waals surface area contributed by atoms with Crippen molar-refractivity contribution in [2.24, 2.45) is 0 Å². The van der Waals surface area contributed by atoms with Crippen LogP contribution in [-0.4, -0.2) is 58.3 Å². The zero-order chi connectivity index (χ0) is 19.9. The van der Waals surface area contributed by atoms with Gasteiger partial charge in [-0.15, -0.1) is 0 Å². The Morgan fingerprint density at radius 2 is 1.85 bits per heavy atom. The third-order valence-electron chi connectivity index (χ3n) is 3.35. The number of carboxylic acids is 2. The van der Waals surface area contributed by atoms with Crippen molar-refractivity contribution in [2.75, 3.05) is 12.3 Å². The Hall–Kier alpha value is -2.23. The Morgan fingerprint density at radius 3 is 2.38 bits per heavy atom. The summed E-state index contributed by atoms with van der Waals surface area (Å²) >= 11 is 3.95. The van der Waals surface area contributed by atoms with Crippen LogP contribution in [0, 0.1) is 0 Å². The number of hydrogen-bond donors (Lipinski definition) is 6. The van der Waals surface area contributed by atoms with E-state index in [1.54, 1.807) is 6.20 Å². The molecule has 148 valence electrons. The first-order valence-corrected chi connectivity index (χ1v) is 8.98. The van der Waals surface area contributed by atoms with E-state index in [9.17, 15) is 19.2 Å². The molecule has 26 heavy (non-hydrogen) atoms. The Balaban J connectivity index is 4.39. The molecule has 0 unspecified atom stereocenters. The van der Waals surface area contributed by atoms with Crippen LogP contribution in [0.3, 0.4) is 0 Å². The SMILES string of the molecule is CCCCC=CN[C@@H](CCC(=O)N[C@@H](CS)C(=O)NCC(=O)O)C(=O)O. The van der Waals surface area contributed by atoms with Crippen LogP contribution in [0.1, 0.15) is 39.0 Å². The van der Waals surface area contributed by atoms with E-state index < -0.39 is 42.4 Å². The van der Waals surface area contributed by atoms with Gasteiger partial charge >= 0.3 is 11.9 Å². The largest absolute Gasteiger partial charge is 0.480 e. The number of carboxylic acid groups (broad SMARTS) is 2. The third-order valence-corrected chi connectivity index (χ3v) is 3.71. The summed E-state index contributed by atoms with van der Waals surface area (Å²) in [5.41, 5.74) is 0. The van der Waals surface area contributed by atoms with Crippen molar-refractivity contribution < 1.29 is 29.4 Å². The highest BCUT2D eigenvalue weighted by atomic mass is 32.1. The van der Waals surface area contributed by atoms with Gasteiger partial charge in [0.2, 0.25) is 11.8 Å². The molecule has 2 amide bonds. The van der Waals surface area contributed by atoms with Gasteiger partial charge in [0.1, 0.15) is 18.6 Å². The molecular formula is C16H27N3O6S. The molecule has 0 saturated heterocycles. The summed E-state index contributed by atoms with van der Waals surface area (Å²) in [5, 5.41) is 25.0. The van der Waals surface area contributed by atoms with Crippen molar-refractivity contribution in [1.29, 1.82) is 0 Å². The second-order valence-corrected chi connectivity index (χ2v) is 5.92. The number of rotatable bonds is 14. The summed E-state index contributed by atoms with van der Waals surface area (Å²) in [5.74, 6) is -3.48. The van der Waals surface area contributed by atoms with Crippen molar-refractivity contribution in [3.05, 3.63) is 12.3 Å². The monoisotopic (exact) mass is 389 g/mol. The predicted octanol–water partition coefficient (Wildman–Crippen LogP) is 0.129. The Morgan fingerprint density at radius 1 is 1.15 bits per heavy atom. The fourth-order valence-corrected chi connectivity index (χ4v) is 2.15. The summed E-state index contributed by atoms with van der Waals surface area (Å²) < 4.78 is 0. The summed E-state index contributed by atoms with van der Waals surface area (Å²) in [4.78, 5) is 45.3. The van der Waals surface area contributed by atoms with Gasteiger partial charge < -0.3 is 26.2 Å². The average molecular weight is 389 g/mol. The van der Waals surface area contributed by atoms with E-state index in [1.807, 2.05) is 6.08 Å². The molecule has 0 spiro atoms. The van der Waals surface area contributed by atoms with Gasteiger partial charge in [-0.25, -0.2) is 4.79 Å². The van der Waals surface area contributed by atoms with Crippen LogP contribution in [0.25, 0.3) is 0 Å². The standard InChI is InChI=1S/C16H27N3O6S/c1-2-3-4-5-8-17-11(16(24)25)6-7-13(20)19-12(10-26)15(23)18-9-14(21)22/h5,8,11-12,17,26H,2-4,6-7,9-10H2,1H3,(H,18,23)(H,19,20)(H,21,22)(H,24,25)/t11-,12-/m0/s1. The highest BCUT2D eigenvalue weighted by molar-refractivity contribution is 7.80. The molecule has 0 aliphatic carbocycles. The van der Waals surface area contributed by atoms with Crippen molar-refractivity contribution in [1.82, 2.24) is 16.0 Å². The Bertz CT molecular complexity index is 512. The number of aliphatic carboxylic acids is 2. The average Bonchev–Trinajstić information content (AvgIpc) is 2.59. The van der Waals surface area contributed by atoms with Gasteiger partial charge in [-0.05, 0) is 19.0 Å². The fourth-order valence-electron chi connectivity index (χ4n) is 1.89. The van der Waals surface area contributed by atoms with Gasteiger partial charge in [-0.2, -0.15) is 12.6 Å². The molecule has 0 aliphatic rings. The Kier molecular flexibility index (Phi) is 12.8. The second-order valence-electron chi connectivity index (χ2n) is 5.55. The van der Waals surface area contributed by atoms with Crippen LogP contribution in [0.2, 0.25) is 0 Å². The molecule has 0 bridgehead atoms. The molecule has 10 heteroatoms. The van der Waals surface area contributed by atoms with Gasteiger partial charge in [0.05, 0.1) is 0 Å². The number of nitrogens with one attached hydrogen (secondary N) is 3. The second kappa shape index (κ2) is 14.0. The highest BCUT2D eigenvalue weighted by Gasteiger charge is 2.22. The lowest BCUT2D eigenvalue weighted by atomic mass is 10.1. The molecule has 0 aliphatic heterocycles. The molecule has 0 aromatic heterocycles. The van der Waals surface area contributed by atoms with Crippen LogP contribution in [0.15, 0.2) is 12.3 Å². The number of carbonyl (C=O) groups is 4. The summed E-state index contributed by atoms with van der Waals surface area (Å²) in [6.45, 7) is 1.49. The van der Waals surface area contributed by atoms with Crippen molar-refractivity contribution >= 4 is 36.4 Å². The minimum absolute atomic E-state index is 0.0159. The fraction of sp³-hybridized carbons (Fsp3) is 0.625. The molecule has 0 rings (SSSR count). The number of hydrogen-bond acceptors (Lipinski definition) is 6. The Labute approximate surface area is 158 Å². The normalized spacial score (nSPS) is 13.0. The van der Waals surface area contributed by atoms with Crippen LogP contribution in [0.5, 0.6) is 0 Å². The van der Waals surface area contributed by atoms with Gasteiger partial charge in [0.15, 0.2) is 0 Å². The van der Waals surface area contributed by atoms with E-state index in [-0.39, 0.29) is 18.6 Å². The van der Waals surface area contributed by atoms with Crippen LogP contribution in [0.4, 0.5) is 0 Å². The molecule has 0 aromatic carbocycles. The first-order valence-electron chi connectivity index (χ1n) is 8.35. The molecule has 0 aromatic rings. The van der Waals surface area contributed by atoms with E-state index in [0.29, 0.717) is 0 Å². The van der Waals surface area contributed by atoms with Crippen molar-refractivity contribution in [2.45, 2.75) is 51.1 Å².